The van der Waals surface area contributed by atoms with E-state index in [1.807, 2.05) is 0 Å². The van der Waals surface area contributed by atoms with Crippen molar-refractivity contribution in [1.29, 1.82) is 0 Å². The molecule has 0 unspecified atom stereocenters. The molecule has 0 aliphatic carbocycles. The van der Waals surface area contributed by atoms with Crippen LogP contribution >= 0.6 is 0 Å². The van der Waals surface area contributed by atoms with Gasteiger partial charge in [0.2, 0.25) is 5.82 Å². The smallest absolute Gasteiger partial charge is 0.349 e. The summed E-state index contributed by atoms with van der Waals surface area (Å²) in [7, 11) is 0. The van der Waals surface area contributed by atoms with Gasteiger partial charge in [0, 0.05) is 0 Å². The summed E-state index contributed by atoms with van der Waals surface area (Å²) in [6, 6.07) is 0. The second-order valence-corrected chi connectivity index (χ2v) is 2.91. The van der Waals surface area contributed by atoms with Crippen LogP contribution in [0.15, 0.2) is 25.0 Å². The van der Waals surface area contributed by atoms with Crippen molar-refractivity contribution in [3.8, 4) is 0 Å². The minimum absolute atomic E-state index is 0.688. The molecule has 1 rings (SSSR count). The predicted octanol–water partition coefficient (Wildman–Crippen LogP) is 3.24. The fourth-order valence-corrected chi connectivity index (χ4v) is 1.000. The zero-order chi connectivity index (χ0) is 13.9. The Bertz CT molecular complexity index is 508. The molecule has 96 valence electrons. The SMILES string of the molecule is C=C/C=C/OC(=O)c1c(F)c(F)c(F)c(F)c1F. The quantitative estimate of drug-likeness (QED) is 0.209. The summed E-state index contributed by atoms with van der Waals surface area (Å²) < 4.78 is 68.5. The minimum Gasteiger partial charge on any atom is -0.431 e. The number of hydrogen-bond donors (Lipinski definition) is 0. The van der Waals surface area contributed by atoms with E-state index < -0.39 is 40.6 Å². The standard InChI is InChI=1S/C11H5F5O2/c1-2-3-4-18-11(17)5-6(12)8(14)10(16)9(15)7(5)13/h2-4H,1H2/b4-3+. The number of carbonyl (C=O) groups is 1. The van der Waals surface area contributed by atoms with Crippen molar-refractivity contribution in [2.45, 2.75) is 0 Å². The normalized spacial score (nSPS) is 10.7. The Morgan fingerprint density at radius 3 is 1.83 bits per heavy atom. The van der Waals surface area contributed by atoms with E-state index in [9.17, 15) is 26.7 Å². The van der Waals surface area contributed by atoms with Gasteiger partial charge in [0.1, 0.15) is 5.56 Å². The molecule has 0 amide bonds. The number of rotatable bonds is 3. The molecule has 0 aromatic heterocycles. The van der Waals surface area contributed by atoms with Gasteiger partial charge >= 0.3 is 5.97 Å². The van der Waals surface area contributed by atoms with E-state index in [1.54, 1.807) is 0 Å². The van der Waals surface area contributed by atoms with Gasteiger partial charge in [-0.3, -0.25) is 0 Å². The van der Waals surface area contributed by atoms with Crippen LogP contribution in [0.5, 0.6) is 0 Å². The van der Waals surface area contributed by atoms with Crippen LogP contribution in [0.1, 0.15) is 10.4 Å². The molecule has 2 nitrogen and oxygen atoms in total. The fourth-order valence-electron chi connectivity index (χ4n) is 1.000. The van der Waals surface area contributed by atoms with E-state index in [-0.39, 0.29) is 0 Å². The first-order valence-electron chi connectivity index (χ1n) is 4.41. The fraction of sp³-hybridized carbons (Fsp3) is 0. The lowest BCUT2D eigenvalue weighted by Gasteiger charge is -2.05. The van der Waals surface area contributed by atoms with Crippen molar-refractivity contribution in [2.24, 2.45) is 0 Å². The molecule has 0 saturated carbocycles. The molecule has 1 aromatic rings. The zero-order valence-electron chi connectivity index (χ0n) is 8.65. The third kappa shape index (κ3) is 2.39. The maximum Gasteiger partial charge on any atom is 0.349 e. The summed E-state index contributed by atoms with van der Waals surface area (Å²) in [6.07, 6.45) is 2.95. The average molecular weight is 264 g/mol. The van der Waals surface area contributed by atoms with Crippen molar-refractivity contribution >= 4 is 5.97 Å². The highest BCUT2D eigenvalue weighted by molar-refractivity contribution is 5.90. The Morgan fingerprint density at radius 1 is 0.944 bits per heavy atom. The molecule has 0 fully saturated rings. The third-order valence-corrected chi connectivity index (χ3v) is 1.80. The maximum atomic E-state index is 13.1. The van der Waals surface area contributed by atoms with E-state index >= 15 is 0 Å². The number of ether oxygens (including phenoxy) is 1. The van der Waals surface area contributed by atoms with Crippen LogP contribution in [0.2, 0.25) is 0 Å². The molecule has 0 bridgehead atoms. The monoisotopic (exact) mass is 264 g/mol. The van der Waals surface area contributed by atoms with Gasteiger partial charge in [-0.05, 0) is 6.08 Å². The second-order valence-electron chi connectivity index (χ2n) is 2.91. The molecule has 0 N–H and O–H groups in total. The summed E-state index contributed by atoms with van der Waals surface area (Å²) in [4.78, 5) is 11.1. The van der Waals surface area contributed by atoms with Crippen LogP contribution in [0.4, 0.5) is 22.0 Å². The van der Waals surface area contributed by atoms with E-state index in [2.05, 4.69) is 11.3 Å². The molecule has 0 aliphatic heterocycles. The molecular weight excluding hydrogens is 259 g/mol. The molecule has 0 spiro atoms. The van der Waals surface area contributed by atoms with Gasteiger partial charge in [-0.1, -0.05) is 12.7 Å². The number of allylic oxidation sites excluding steroid dienone is 2. The third-order valence-electron chi connectivity index (χ3n) is 1.80. The van der Waals surface area contributed by atoms with Crippen LogP contribution in [-0.2, 0) is 4.74 Å². The summed E-state index contributed by atoms with van der Waals surface area (Å²) >= 11 is 0. The topological polar surface area (TPSA) is 26.3 Å². The lowest BCUT2D eigenvalue weighted by Crippen LogP contribution is -2.13. The van der Waals surface area contributed by atoms with Crippen LogP contribution in [-0.4, -0.2) is 5.97 Å². The highest BCUT2D eigenvalue weighted by atomic mass is 19.2. The average Bonchev–Trinajstić information content (AvgIpc) is 2.34. The van der Waals surface area contributed by atoms with Crippen molar-refractivity contribution in [3.63, 3.8) is 0 Å². The van der Waals surface area contributed by atoms with Crippen LogP contribution in [0.25, 0.3) is 0 Å². The van der Waals surface area contributed by atoms with E-state index in [0.717, 1.165) is 6.08 Å². The number of esters is 1. The lowest BCUT2D eigenvalue weighted by atomic mass is 10.1. The molecule has 18 heavy (non-hydrogen) atoms. The van der Waals surface area contributed by atoms with Crippen molar-refractivity contribution < 1.29 is 31.5 Å². The second kappa shape index (κ2) is 5.44. The number of benzene rings is 1. The lowest BCUT2D eigenvalue weighted by molar-refractivity contribution is 0.0648. The largest absolute Gasteiger partial charge is 0.431 e. The van der Waals surface area contributed by atoms with Gasteiger partial charge < -0.3 is 4.74 Å². The molecule has 0 aliphatic rings. The summed E-state index contributed by atoms with van der Waals surface area (Å²) in [5.41, 5.74) is -1.65. The predicted molar refractivity (Wildman–Crippen MR) is 51.0 cm³/mol. The summed E-state index contributed by atoms with van der Waals surface area (Å²) in [6.45, 7) is 3.21. The maximum absolute atomic E-state index is 13.1. The van der Waals surface area contributed by atoms with Crippen molar-refractivity contribution in [3.05, 3.63) is 59.6 Å². The number of hydrogen-bond acceptors (Lipinski definition) is 2. The van der Waals surface area contributed by atoms with Gasteiger partial charge in [0.15, 0.2) is 23.3 Å². The Labute approximate surface area is 98.0 Å². The van der Waals surface area contributed by atoms with Gasteiger partial charge in [-0.25, -0.2) is 26.7 Å². The highest BCUT2D eigenvalue weighted by Crippen LogP contribution is 2.23. The molecule has 0 radical (unpaired) electrons. The van der Waals surface area contributed by atoms with Crippen LogP contribution in [0.3, 0.4) is 0 Å². The first-order valence-corrected chi connectivity index (χ1v) is 4.41. The Hall–Kier alpha value is -2.18. The first-order chi connectivity index (χ1) is 8.41. The molecule has 1 aromatic carbocycles. The number of halogens is 5. The molecule has 7 heteroatoms. The van der Waals surface area contributed by atoms with Gasteiger partial charge in [0.25, 0.3) is 0 Å². The van der Waals surface area contributed by atoms with E-state index in [4.69, 9.17) is 0 Å². The van der Waals surface area contributed by atoms with Crippen LogP contribution < -0.4 is 0 Å². The van der Waals surface area contributed by atoms with Crippen molar-refractivity contribution in [2.75, 3.05) is 0 Å². The Balaban J connectivity index is 3.28. The highest BCUT2D eigenvalue weighted by Gasteiger charge is 2.30. The first kappa shape index (κ1) is 13.9. The Kier molecular flexibility index (Phi) is 4.19. The summed E-state index contributed by atoms with van der Waals surface area (Å²) in [5.74, 6) is -13.0. The van der Waals surface area contributed by atoms with Gasteiger partial charge in [0.05, 0.1) is 6.26 Å². The molecule has 0 atom stereocenters. The van der Waals surface area contributed by atoms with E-state index in [0.29, 0.717) is 6.26 Å². The molecule has 0 saturated heterocycles. The zero-order valence-corrected chi connectivity index (χ0v) is 8.65. The van der Waals surface area contributed by atoms with Crippen LogP contribution in [0, 0.1) is 29.1 Å². The Morgan fingerprint density at radius 2 is 1.39 bits per heavy atom. The van der Waals surface area contributed by atoms with E-state index in [1.165, 1.54) is 6.08 Å². The molecule has 0 heterocycles. The number of carbonyl (C=O) groups excluding carboxylic acids is 1. The van der Waals surface area contributed by atoms with Gasteiger partial charge in [-0.2, -0.15) is 0 Å². The molecular formula is C11H5F5O2. The summed E-state index contributed by atoms with van der Waals surface area (Å²) in [5, 5.41) is 0. The minimum atomic E-state index is -2.34. The van der Waals surface area contributed by atoms with Crippen molar-refractivity contribution in [1.82, 2.24) is 0 Å². The van der Waals surface area contributed by atoms with Gasteiger partial charge in [-0.15, -0.1) is 0 Å².